The molecule has 3 aromatic rings. The van der Waals surface area contributed by atoms with Gasteiger partial charge in [-0.25, -0.2) is 0 Å². The molecule has 156 valence electrons. The van der Waals surface area contributed by atoms with Crippen LogP contribution < -0.4 is 14.9 Å². The third-order valence-corrected chi connectivity index (χ3v) is 5.06. The molecule has 0 aliphatic carbocycles. The van der Waals surface area contributed by atoms with Crippen molar-refractivity contribution >= 4 is 41.0 Å². The van der Waals surface area contributed by atoms with Gasteiger partial charge in [-0.05, 0) is 48.4 Å². The van der Waals surface area contributed by atoms with Gasteiger partial charge in [-0.2, -0.15) is 5.10 Å². The first-order valence-corrected chi connectivity index (χ1v) is 10.5. The smallest absolute Gasteiger partial charge is 0.180 e. The highest BCUT2D eigenvalue weighted by molar-refractivity contribution is 6.32. The number of benzene rings is 3. The van der Waals surface area contributed by atoms with Gasteiger partial charge in [0.15, 0.2) is 11.5 Å². The second kappa shape index (κ2) is 11.1. The number of nitrogens with one attached hydrogen (secondary N) is 1. The van der Waals surface area contributed by atoms with E-state index in [9.17, 15) is 0 Å². The van der Waals surface area contributed by atoms with Gasteiger partial charge < -0.3 is 14.9 Å². The molecule has 0 aliphatic heterocycles. The number of ether oxygens (including phenoxy) is 2. The minimum absolute atomic E-state index is 0.287. The molecule has 0 spiro atoms. The van der Waals surface area contributed by atoms with Crippen LogP contribution in [0.3, 0.4) is 0 Å². The van der Waals surface area contributed by atoms with E-state index in [2.05, 4.69) is 10.5 Å². The molecule has 0 saturated heterocycles. The van der Waals surface area contributed by atoms with Crippen LogP contribution in [0.15, 0.2) is 65.8 Å². The van der Waals surface area contributed by atoms with Crippen LogP contribution in [0.1, 0.15) is 23.6 Å². The fourth-order valence-corrected chi connectivity index (χ4v) is 3.28. The summed E-state index contributed by atoms with van der Waals surface area (Å²) >= 11 is 18.6. The minimum atomic E-state index is 0.287. The normalized spacial score (nSPS) is 10.9. The molecule has 7 heteroatoms. The minimum Gasteiger partial charge on any atom is -0.490 e. The van der Waals surface area contributed by atoms with Gasteiger partial charge in [0.05, 0.1) is 24.4 Å². The Kier molecular flexibility index (Phi) is 8.26. The van der Waals surface area contributed by atoms with Crippen LogP contribution >= 0.6 is 34.8 Å². The summed E-state index contributed by atoms with van der Waals surface area (Å²) in [6.07, 6.45) is 1.68. The van der Waals surface area contributed by atoms with Crippen molar-refractivity contribution in [3.63, 3.8) is 0 Å². The van der Waals surface area contributed by atoms with Crippen LogP contribution in [0.4, 0.5) is 0 Å². The Balaban J connectivity index is 1.68. The Morgan fingerprint density at radius 3 is 2.43 bits per heavy atom. The van der Waals surface area contributed by atoms with E-state index in [0.717, 1.165) is 16.7 Å². The molecule has 0 aliphatic rings. The van der Waals surface area contributed by atoms with Crippen LogP contribution in [0.25, 0.3) is 0 Å². The maximum Gasteiger partial charge on any atom is 0.180 e. The number of nitrogens with zero attached hydrogens (tertiary/aromatic N) is 1. The zero-order valence-corrected chi connectivity index (χ0v) is 18.6. The summed E-state index contributed by atoms with van der Waals surface area (Å²) < 4.78 is 11.7. The highest BCUT2D eigenvalue weighted by Gasteiger charge is 2.13. The van der Waals surface area contributed by atoms with Crippen LogP contribution in [0, 0.1) is 0 Å². The Bertz CT molecular complexity index is 1010. The summed E-state index contributed by atoms with van der Waals surface area (Å²) in [6, 6.07) is 18.7. The second-order valence-corrected chi connectivity index (χ2v) is 7.61. The summed E-state index contributed by atoms with van der Waals surface area (Å²) in [5.74, 6) is 1.03. The van der Waals surface area contributed by atoms with E-state index in [1.807, 2.05) is 61.5 Å². The molecule has 0 saturated carbocycles. The van der Waals surface area contributed by atoms with E-state index in [0.29, 0.717) is 39.7 Å². The van der Waals surface area contributed by atoms with Crippen molar-refractivity contribution in [2.45, 2.75) is 20.1 Å². The lowest BCUT2D eigenvalue weighted by Gasteiger charge is -2.15. The molecular formula is C23H21Cl3N2O2. The van der Waals surface area contributed by atoms with Gasteiger partial charge in [0, 0.05) is 15.6 Å². The van der Waals surface area contributed by atoms with Crippen LogP contribution in [0.2, 0.25) is 15.1 Å². The van der Waals surface area contributed by atoms with E-state index in [1.54, 1.807) is 12.3 Å². The van der Waals surface area contributed by atoms with Gasteiger partial charge in [0.25, 0.3) is 0 Å². The van der Waals surface area contributed by atoms with E-state index < -0.39 is 0 Å². The largest absolute Gasteiger partial charge is 0.490 e. The van der Waals surface area contributed by atoms with Crippen molar-refractivity contribution in [3.8, 4) is 11.5 Å². The van der Waals surface area contributed by atoms with Crippen LogP contribution in [0.5, 0.6) is 11.5 Å². The van der Waals surface area contributed by atoms with Crippen molar-refractivity contribution in [2.75, 3.05) is 6.61 Å². The quantitative estimate of drug-likeness (QED) is 0.282. The molecule has 3 aromatic carbocycles. The van der Waals surface area contributed by atoms with E-state index >= 15 is 0 Å². The number of rotatable bonds is 9. The maximum absolute atomic E-state index is 6.47. The van der Waals surface area contributed by atoms with Gasteiger partial charge in [0.2, 0.25) is 0 Å². The number of hydrogen-bond acceptors (Lipinski definition) is 4. The molecule has 0 unspecified atom stereocenters. The SMILES string of the molecule is CCOc1cc(/C=N\NCc2ccc(Cl)cc2)cc(Cl)c1OCc1ccccc1Cl. The molecule has 4 nitrogen and oxygen atoms in total. The highest BCUT2D eigenvalue weighted by atomic mass is 35.5. The summed E-state index contributed by atoms with van der Waals surface area (Å²) in [7, 11) is 0. The Labute approximate surface area is 191 Å². The Morgan fingerprint density at radius 1 is 0.933 bits per heavy atom. The molecule has 30 heavy (non-hydrogen) atoms. The number of halogens is 3. The monoisotopic (exact) mass is 462 g/mol. The molecule has 0 amide bonds. The topological polar surface area (TPSA) is 42.8 Å². The van der Waals surface area contributed by atoms with E-state index in [1.165, 1.54) is 0 Å². The molecule has 0 aromatic heterocycles. The summed E-state index contributed by atoms with van der Waals surface area (Å²) in [6.45, 7) is 3.25. The molecule has 0 atom stereocenters. The second-order valence-electron chi connectivity index (χ2n) is 6.36. The van der Waals surface area contributed by atoms with Gasteiger partial charge in [0.1, 0.15) is 6.61 Å². The number of hydrazone groups is 1. The third-order valence-electron chi connectivity index (χ3n) is 4.16. The van der Waals surface area contributed by atoms with Crippen molar-refractivity contribution in [1.82, 2.24) is 5.43 Å². The Hall–Kier alpha value is -2.40. The highest BCUT2D eigenvalue weighted by Crippen LogP contribution is 2.37. The molecular weight excluding hydrogens is 443 g/mol. The van der Waals surface area contributed by atoms with Gasteiger partial charge in [-0.15, -0.1) is 0 Å². The zero-order chi connectivity index (χ0) is 21.3. The summed E-state index contributed by atoms with van der Waals surface area (Å²) in [4.78, 5) is 0. The third kappa shape index (κ3) is 6.30. The first-order valence-electron chi connectivity index (χ1n) is 9.39. The Morgan fingerprint density at radius 2 is 1.70 bits per heavy atom. The van der Waals surface area contributed by atoms with Crippen LogP contribution in [-0.2, 0) is 13.2 Å². The van der Waals surface area contributed by atoms with Gasteiger partial charge >= 0.3 is 0 Å². The molecule has 0 bridgehead atoms. The van der Waals surface area contributed by atoms with Crippen LogP contribution in [-0.4, -0.2) is 12.8 Å². The molecule has 0 heterocycles. The molecule has 0 radical (unpaired) electrons. The zero-order valence-electron chi connectivity index (χ0n) is 16.4. The lowest BCUT2D eigenvalue weighted by atomic mass is 10.2. The predicted octanol–water partition coefficient (Wildman–Crippen LogP) is 6.75. The number of hydrogen-bond donors (Lipinski definition) is 1. The predicted molar refractivity (Wildman–Crippen MR) is 124 cm³/mol. The summed E-state index contributed by atoms with van der Waals surface area (Å²) in [5, 5.41) is 6.04. The van der Waals surface area contributed by atoms with Crippen molar-refractivity contribution < 1.29 is 9.47 Å². The van der Waals surface area contributed by atoms with Crippen molar-refractivity contribution in [1.29, 1.82) is 0 Å². The average molecular weight is 464 g/mol. The first kappa shape index (κ1) is 22.3. The van der Waals surface area contributed by atoms with Gasteiger partial charge in [-0.1, -0.05) is 65.1 Å². The fraction of sp³-hybridized carbons (Fsp3) is 0.174. The molecule has 3 rings (SSSR count). The molecule has 0 fully saturated rings. The van der Waals surface area contributed by atoms with Gasteiger partial charge in [-0.3, -0.25) is 0 Å². The van der Waals surface area contributed by atoms with E-state index in [-0.39, 0.29) is 6.61 Å². The van der Waals surface area contributed by atoms with Crippen molar-refractivity contribution in [2.24, 2.45) is 5.10 Å². The lowest BCUT2D eigenvalue weighted by Crippen LogP contribution is -2.06. The lowest BCUT2D eigenvalue weighted by molar-refractivity contribution is 0.269. The average Bonchev–Trinajstić information content (AvgIpc) is 2.73. The summed E-state index contributed by atoms with van der Waals surface area (Å²) in [5.41, 5.74) is 5.74. The first-order chi connectivity index (χ1) is 14.6. The standard InChI is InChI=1S/C23H21Cl3N2O2/c1-2-29-22-12-17(14-28-27-13-16-7-9-19(24)10-8-16)11-21(26)23(22)30-15-18-5-3-4-6-20(18)25/h3-12,14,27H,2,13,15H2,1H3/b28-14-. The van der Waals surface area contributed by atoms with E-state index in [4.69, 9.17) is 44.3 Å². The van der Waals surface area contributed by atoms with Crippen molar-refractivity contribution in [3.05, 3.63) is 92.4 Å². The molecule has 1 N–H and O–H groups in total. The maximum atomic E-state index is 6.47. The fourth-order valence-electron chi connectivity index (χ4n) is 2.69.